The van der Waals surface area contributed by atoms with Gasteiger partial charge in [-0.15, -0.1) is 0 Å². The van der Waals surface area contributed by atoms with Gasteiger partial charge in [-0.1, -0.05) is 65.3 Å². The molecule has 37 heavy (non-hydrogen) atoms. The highest BCUT2D eigenvalue weighted by Crippen LogP contribution is 2.45. The summed E-state index contributed by atoms with van der Waals surface area (Å²) in [4.78, 5) is 6.38. The molecular weight excluding hydrogens is 489 g/mol. The van der Waals surface area contributed by atoms with Crippen molar-refractivity contribution in [3.63, 3.8) is 0 Å². The van der Waals surface area contributed by atoms with Gasteiger partial charge in [0.25, 0.3) is 5.89 Å². The first-order valence-corrected chi connectivity index (χ1v) is 12.1. The molecule has 4 aromatic rings. The molecule has 0 bridgehead atoms. The Bertz CT molecular complexity index is 1380. The predicted molar refractivity (Wildman–Crippen MR) is 124 cm³/mol. The van der Waals surface area contributed by atoms with Crippen molar-refractivity contribution >= 4 is 0 Å². The largest absolute Gasteiger partial charge is 0.480 e. The quantitative estimate of drug-likeness (QED) is 0.387. The van der Waals surface area contributed by atoms with Crippen LogP contribution in [-0.4, -0.2) is 44.4 Å². The lowest BCUT2D eigenvalue weighted by Gasteiger charge is -2.43. The zero-order valence-electron chi connectivity index (χ0n) is 19.6. The number of nitrogens with zero attached hydrogens (tertiary/aromatic N) is 4. The molecule has 2 aliphatic rings. The van der Waals surface area contributed by atoms with Gasteiger partial charge < -0.3 is 18.9 Å². The van der Waals surface area contributed by atoms with E-state index >= 15 is 0 Å². The Hall–Kier alpha value is -3.70. The molecule has 4 heterocycles. The van der Waals surface area contributed by atoms with Crippen LogP contribution in [0.1, 0.15) is 48.4 Å². The number of piperidine rings is 1. The van der Waals surface area contributed by atoms with Crippen molar-refractivity contribution in [3.05, 3.63) is 71.5 Å². The van der Waals surface area contributed by atoms with E-state index in [1.807, 2.05) is 6.07 Å². The number of halogens is 3. The lowest BCUT2D eigenvalue weighted by Crippen LogP contribution is -2.50. The molecule has 1 saturated heterocycles. The van der Waals surface area contributed by atoms with Crippen LogP contribution in [0.15, 0.2) is 63.6 Å². The first-order valence-electron chi connectivity index (χ1n) is 12.1. The molecule has 3 atom stereocenters. The Kier molecular flexibility index (Phi) is 5.96. The zero-order chi connectivity index (χ0) is 25.6. The number of benzene rings is 2. The van der Waals surface area contributed by atoms with Gasteiger partial charge in [-0.25, -0.2) is 0 Å². The van der Waals surface area contributed by atoms with Crippen molar-refractivity contribution in [2.24, 2.45) is 0 Å². The highest BCUT2D eigenvalue weighted by atomic mass is 19.4. The average molecular weight is 512 g/mol. The maximum absolute atomic E-state index is 14.1. The van der Waals surface area contributed by atoms with E-state index in [-0.39, 0.29) is 17.1 Å². The van der Waals surface area contributed by atoms with E-state index in [1.165, 1.54) is 12.1 Å². The lowest BCUT2D eigenvalue weighted by molar-refractivity contribution is -0.136. The second-order valence-electron chi connectivity index (χ2n) is 9.17. The Morgan fingerprint density at radius 3 is 2.38 bits per heavy atom. The standard InChI is InChI=1S/C26H23F3N4O4/c27-26(28,29)18-19(15-9-3-1-4-10-15)31-36-22(18)25-30-24(32-37-25)23-20(33-13-7-2-8-14-33)21(34)16-11-5-6-12-17(16)35-23/h1,3-6,9-12,20-21,23,34H,2,7-8,13-14H2. The summed E-state index contributed by atoms with van der Waals surface area (Å²) in [7, 11) is 0. The van der Waals surface area contributed by atoms with E-state index in [0.717, 1.165) is 32.4 Å². The molecule has 1 N–H and O–H groups in total. The van der Waals surface area contributed by atoms with E-state index in [1.54, 1.807) is 36.4 Å². The van der Waals surface area contributed by atoms with Gasteiger partial charge in [-0.2, -0.15) is 18.2 Å². The predicted octanol–water partition coefficient (Wildman–Crippen LogP) is 5.43. The summed E-state index contributed by atoms with van der Waals surface area (Å²) in [6.07, 6.45) is -3.55. The van der Waals surface area contributed by atoms with Gasteiger partial charge in [0.2, 0.25) is 11.6 Å². The van der Waals surface area contributed by atoms with Crippen molar-refractivity contribution in [2.45, 2.75) is 43.7 Å². The average Bonchev–Trinajstić information content (AvgIpc) is 3.57. The summed E-state index contributed by atoms with van der Waals surface area (Å²) in [5.74, 6) is -0.658. The summed E-state index contributed by atoms with van der Waals surface area (Å²) < 4.78 is 59.0. The van der Waals surface area contributed by atoms with Crippen LogP contribution in [0.5, 0.6) is 5.75 Å². The fourth-order valence-electron chi connectivity index (χ4n) is 5.14. The third-order valence-corrected chi connectivity index (χ3v) is 6.85. The van der Waals surface area contributed by atoms with E-state index in [4.69, 9.17) is 13.8 Å². The van der Waals surface area contributed by atoms with E-state index < -0.39 is 41.6 Å². The Labute approximate surface area is 209 Å². The van der Waals surface area contributed by atoms with E-state index in [0.29, 0.717) is 11.3 Å². The topological polar surface area (TPSA) is 97.6 Å². The van der Waals surface area contributed by atoms with Crippen LogP contribution in [0.4, 0.5) is 13.2 Å². The van der Waals surface area contributed by atoms with Gasteiger partial charge in [-0.3, -0.25) is 4.90 Å². The molecule has 2 aromatic heterocycles. The van der Waals surface area contributed by atoms with Crippen LogP contribution in [-0.2, 0) is 6.18 Å². The maximum atomic E-state index is 14.1. The highest BCUT2D eigenvalue weighted by Gasteiger charge is 2.46. The number of fused-ring (bicyclic) bond motifs is 1. The molecule has 0 saturated carbocycles. The van der Waals surface area contributed by atoms with E-state index in [9.17, 15) is 18.3 Å². The van der Waals surface area contributed by atoms with Gasteiger partial charge in [0.05, 0.1) is 6.04 Å². The first-order chi connectivity index (χ1) is 17.9. The number of aromatic nitrogens is 3. The number of aliphatic hydroxyl groups excluding tert-OH is 1. The van der Waals surface area contributed by atoms with Crippen molar-refractivity contribution in [2.75, 3.05) is 13.1 Å². The maximum Gasteiger partial charge on any atom is 0.422 e. The van der Waals surface area contributed by atoms with Gasteiger partial charge in [-0.05, 0) is 32.0 Å². The normalized spacial score (nSPS) is 22.4. The number of alkyl halides is 3. The molecular formula is C26H23F3N4O4. The Morgan fingerprint density at radius 2 is 1.62 bits per heavy atom. The fourth-order valence-corrected chi connectivity index (χ4v) is 5.14. The van der Waals surface area contributed by atoms with Crippen LogP contribution < -0.4 is 4.74 Å². The number of likely N-dealkylation sites (tertiary alicyclic amines) is 1. The molecule has 0 aliphatic carbocycles. The molecule has 1 fully saturated rings. The van der Waals surface area contributed by atoms with Crippen LogP contribution in [0.2, 0.25) is 0 Å². The molecule has 2 aliphatic heterocycles. The summed E-state index contributed by atoms with van der Waals surface area (Å²) in [5.41, 5.74) is -0.589. The van der Waals surface area contributed by atoms with Gasteiger partial charge in [0.1, 0.15) is 23.1 Å². The van der Waals surface area contributed by atoms with Gasteiger partial charge >= 0.3 is 6.18 Å². The van der Waals surface area contributed by atoms with Crippen LogP contribution in [0, 0.1) is 0 Å². The number of rotatable bonds is 4. The third kappa shape index (κ3) is 4.27. The molecule has 0 amide bonds. The van der Waals surface area contributed by atoms with E-state index in [2.05, 4.69) is 20.2 Å². The minimum absolute atomic E-state index is 0.0184. The lowest BCUT2D eigenvalue weighted by atomic mass is 9.90. The number of aliphatic hydroxyl groups is 1. The van der Waals surface area contributed by atoms with Gasteiger partial charge in [0, 0.05) is 11.1 Å². The first kappa shape index (κ1) is 23.7. The van der Waals surface area contributed by atoms with Crippen molar-refractivity contribution < 1.29 is 32.1 Å². The smallest absolute Gasteiger partial charge is 0.422 e. The highest BCUT2D eigenvalue weighted by molar-refractivity contribution is 5.70. The molecule has 0 radical (unpaired) electrons. The number of hydrogen-bond donors (Lipinski definition) is 1. The summed E-state index contributed by atoms with van der Waals surface area (Å²) in [6.45, 7) is 1.49. The van der Waals surface area contributed by atoms with Crippen molar-refractivity contribution in [1.82, 2.24) is 20.2 Å². The zero-order valence-corrected chi connectivity index (χ0v) is 19.6. The SMILES string of the molecule is OC1c2ccccc2OC(c2noc(-c3onc(-c4ccccc4)c3C(F)(F)F)n2)C1N1CCCCC1. The molecule has 2 aromatic carbocycles. The van der Waals surface area contributed by atoms with Crippen LogP contribution in [0.25, 0.3) is 22.9 Å². The minimum Gasteiger partial charge on any atom is -0.480 e. The number of para-hydroxylation sites is 1. The number of ether oxygens (including phenoxy) is 1. The van der Waals surface area contributed by atoms with Crippen molar-refractivity contribution in [3.8, 4) is 28.7 Å². The number of hydrogen-bond acceptors (Lipinski definition) is 8. The Balaban J connectivity index is 1.41. The minimum atomic E-state index is -4.79. The summed E-state index contributed by atoms with van der Waals surface area (Å²) >= 11 is 0. The third-order valence-electron chi connectivity index (χ3n) is 6.85. The molecule has 11 heteroatoms. The fraction of sp³-hybridized carbons (Fsp3) is 0.346. The molecule has 8 nitrogen and oxygen atoms in total. The van der Waals surface area contributed by atoms with Gasteiger partial charge in [0.15, 0.2) is 6.10 Å². The summed E-state index contributed by atoms with van der Waals surface area (Å²) in [6, 6.07) is 14.5. The molecule has 192 valence electrons. The summed E-state index contributed by atoms with van der Waals surface area (Å²) in [5, 5.41) is 19.0. The second-order valence-corrected chi connectivity index (χ2v) is 9.17. The van der Waals surface area contributed by atoms with Crippen molar-refractivity contribution in [1.29, 1.82) is 0 Å². The molecule has 3 unspecified atom stereocenters. The second kappa shape index (κ2) is 9.31. The monoisotopic (exact) mass is 512 g/mol. The van der Waals surface area contributed by atoms with Crippen LogP contribution in [0.3, 0.4) is 0 Å². The molecule has 0 spiro atoms. The molecule has 6 rings (SSSR count). The Morgan fingerprint density at radius 1 is 0.892 bits per heavy atom. The van der Waals surface area contributed by atoms with Crippen LogP contribution >= 0.6 is 0 Å².